The summed E-state index contributed by atoms with van der Waals surface area (Å²) in [4.78, 5) is 15.4. The molecule has 1 saturated heterocycles. The highest BCUT2D eigenvalue weighted by Gasteiger charge is 2.30. The number of benzene rings is 1. The van der Waals surface area contributed by atoms with Crippen LogP contribution < -0.4 is 4.74 Å². The highest BCUT2D eigenvalue weighted by Crippen LogP contribution is 2.33. The molecule has 0 atom stereocenters. The van der Waals surface area contributed by atoms with Crippen molar-refractivity contribution >= 4 is 17.4 Å². The molecule has 0 spiro atoms. The molecular weight excluding hydrogens is 364 g/mol. The van der Waals surface area contributed by atoms with E-state index in [4.69, 9.17) is 16.3 Å². The minimum absolute atomic E-state index is 0.0691. The maximum absolute atomic E-state index is 13.1. The van der Waals surface area contributed by atoms with Gasteiger partial charge in [0, 0.05) is 24.4 Å². The van der Waals surface area contributed by atoms with E-state index in [9.17, 15) is 4.79 Å². The lowest BCUT2D eigenvalue weighted by atomic mass is 10.1. The molecule has 142 valence electrons. The molecule has 0 amide bonds. The second-order valence-electron chi connectivity index (χ2n) is 7.04. The van der Waals surface area contributed by atoms with Crippen LogP contribution in [0, 0.1) is 0 Å². The van der Waals surface area contributed by atoms with Gasteiger partial charge in [-0.05, 0) is 49.8 Å². The number of nitrogens with zero attached hydrogens (tertiary/aromatic N) is 4. The number of hydrogen-bond acceptors (Lipinski definition) is 5. The minimum atomic E-state index is -0.0691. The van der Waals surface area contributed by atoms with E-state index in [1.165, 1.54) is 18.5 Å². The lowest BCUT2D eigenvalue weighted by Gasteiger charge is -2.20. The van der Waals surface area contributed by atoms with Gasteiger partial charge < -0.3 is 9.64 Å². The van der Waals surface area contributed by atoms with Gasteiger partial charge in [0.15, 0.2) is 10.8 Å². The van der Waals surface area contributed by atoms with Crippen LogP contribution in [0.5, 0.6) is 5.75 Å². The van der Waals surface area contributed by atoms with Gasteiger partial charge in [-0.1, -0.05) is 28.9 Å². The molecule has 7 heteroatoms. The molecule has 0 bridgehead atoms. The molecule has 1 aromatic carbocycles. The van der Waals surface area contributed by atoms with Crippen molar-refractivity contribution in [3.63, 3.8) is 0 Å². The predicted molar refractivity (Wildman–Crippen MR) is 103 cm³/mol. The smallest absolute Gasteiger partial charge is 0.214 e. The molecule has 27 heavy (non-hydrogen) atoms. The lowest BCUT2D eigenvalue weighted by Crippen LogP contribution is -2.20. The molecule has 1 aromatic heterocycles. The summed E-state index contributed by atoms with van der Waals surface area (Å²) in [6.07, 6.45) is 5.18. The summed E-state index contributed by atoms with van der Waals surface area (Å²) in [6, 6.07) is 7.67. The minimum Gasteiger partial charge on any atom is -0.497 e. The van der Waals surface area contributed by atoms with Gasteiger partial charge in [0.05, 0.1) is 13.7 Å². The Morgan fingerprint density at radius 2 is 1.89 bits per heavy atom. The summed E-state index contributed by atoms with van der Waals surface area (Å²) < 4.78 is 6.74. The van der Waals surface area contributed by atoms with Crippen LogP contribution in [0.1, 0.15) is 48.2 Å². The standard InChI is InChI=1S/C20H23ClN4O2/c1-27-15-9-7-14(8-10-15)13-25-20(21)18(22-23-25)19(26)16-5-4-6-17(16)24-11-2-3-12-24/h7-10H,2-6,11-13H2,1H3. The van der Waals surface area contributed by atoms with Gasteiger partial charge in [0.1, 0.15) is 5.75 Å². The number of ether oxygens (including phenoxy) is 1. The van der Waals surface area contributed by atoms with E-state index in [2.05, 4.69) is 15.2 Å². The zero-order chi connectivity index (χ0) is 18.8. The van der Waals surface area contributed by atoms with E-state index in [-0.39, 0.29) is 11.5 Å². The number of likely N-dealkylation sites (tertiary alicyclic amines) is 1. The Labute approximate surface area is 163 Å². The fourth-order valence-electron chi connectivity index (χ4n) is 3.90. The average molecular weight is 387 g/mol. The SMILES string of the molecule is COc1ccc(Cn2nnc(C(=O)C3=C(N4CCCC4)CCC3)c2Cl)cc1. The van der Waals surface area contributed by atoms with E-state index in [1.54, 1.807) is 11.8 Å². The quantitative estimate of drug-likeness (QED) is 0.708. The van der Waals surface area contributed by atoms with E-state index < -0.39 is 0 Å². The molecule has 2 aliphatic rings. The Kier molecular flexibility index (Phi) is 5.16. The Hall–Kier alpha value is -2.34. The van der Waals surface area contributed by atoms with Gasteiger partial charge >= 0.3 is 0 Å². The second kappa shape index (κ2) is 7.72. The normalized spacial score (nSPS) is 17.0. The molecule has 0 radical (unpaired) electrons. The van der Waals surface area contributed by atoms with Gasteiger partial charge in [0.25, 0.3) is 0 Å². The zero-order valence-electron chi connectivity index (χ0n) is 15.4. The molecule has 0 N–H and O–H groups in total. The molecule has 2 heterocycles. The van der Waals surface area contributed by atoms with Crippen LogP contribution in [0.25, 0.3) is 0 Å². The summed E-state index contributed by atoms with van der Waals surface area (Å²) in [5, 5.41) is 8.52. The molecular formula is C20H23ClN4O2. The highest BCUT2D eigenvalue weighted by atomic mass is 35.5. The van der Waals surface area contributed by atoms with Crippen molar-refractivity contribution in [2.45, 2.75) is 38.6 Å². The first-order valence-electron chi connectivity index (χ1n) is 9.41. The fraction of sp³-hybridized carbons (Fsp3) is 0.450. The van der Waals surface area contributed by atoms with Gasteiger partial charge in [0.2, 0.25) is 5.78 Å². The van der Waals surface area contributed by atoms with Crippen LogP contribution >= 0.6 is 11.6 Å². The number of aromatic nitrogens is 3. The van der Waals surface area contributed by atoms with E-state index in [1.807, 2.05) is 24.3 Å². The Bertz CT molecular complexity index is 867. The summed E-state index contributed by atoms with van der Waals surface area (Å²) in [5.41, 5.74) is 3.34. The van der Waals surface area contributed by atoms with Crippen LogP contribution in [0.4, 0.5) is 0 Å². The molecule has 1 aliphatic heterocycles. The second-order valence-corrected chi connectivity index (χ2v) is 7.39. The van der Waals surface area contributed by atoms with Crippen LogP contribution in [-0.2, 0) is 6.54 Å². The number of carbonyl (C=O) groups is 1. The summed E-state index contributed by atoms with van der Waals surface area (Å²) >= 11 is 6.47. The number of ketones is 1. The summed E-state index contributed by atoms with van der Waals surface area (Å²) in [5.74, 6) is 0.724. The van der Waals surface area contributed by atoms with Crippen LogP contribution in [0.2, 0.25) is 5.15 Å². The number of allylic oxidation sites excluding steroid dienone is 2. The Balaban J connectivity index is 1.55. The first-order valence-corrected chi connectivity index (χ1v) is 9.78. The Morgan fingerprint density at radius 3 is 2.59 bits per heavy atom. The molecule has 0 unspecified atom stereocenters. The van der Waals surface area contributed by atoms with E-state index in [0.29, 0.717) is 11.7 Å². The molecule has 6 nitrogen and oxygen atoms in total. The molecule has 2 aromatic rings. The number of halogens is 1. The van der Waals surface area contributed by atoms with Crippen molar-refractivity contribution in [1.29, 1.82) is 0 Å². The van der Waals surface area contributed by atoms with Gasteiger partial charge in [-0.2, -0.15) is 0 Å². The lowest BCUT2D eigenvalue weighted by molar-refractivity contribution is 0.102. The van der Waals surface area contributed by atoms with Crippen molar-refractivity contribution in [2.75, 3.05) is 20.2 Å². The highest BCUT2D eigenvalue weighted by molar-refractivity contribution is 6.33. The van der Waals surface area contributed by atoms with Gasteiger partial charge in [-0.25, -0.2) is 4.68 Å². The van der Waals surface area contributed by atoms with Crippen molar-refractivity contribution in [2.24, 2.45) is 0 Å². The fourth-order valence-corrected chi connectivity index (χ4v) is 4.11. The van der Waals surface area contributed by atoms with E-state index in [0.717, 1.165) is 49.2 Å². The Morgan fingerprint density at radius 1 is 1.15 bits per heavy atom. The van der Waals surface area contributed by atoms with Crippen molar-refractivity contribution in [1.82, 2.24) is 19.9 Å². The first-order chi connectivity index (χ1) is 13.2. The molecule has 0 saturated carbocycles. The molecule has 1 aliphatic carbocycles. The van der Waals surface area contributed by atoms with Gasteiger partial charge in [-0.15, -0.1) is 5.10 Å². The summed E-state index contributed by atoms with van der Waals surface area (Å²) in [7, 11) is 1.63. The third kappa shape index (κ3) is 3.58. The number of carbonyl (C=O) groups excluding carboxylic acids is 1. The van der Waals surface area contributed by atoms with Gasteiger partial charge in [-0.3, -0.25) is 4.79 Å². The third-order valence-corrected chi connectivity index (χ3v) is 5.71. The largest absolute Gasteiger partial charge is 0.497 e. The first kappa shape index (κ1) is 18.0. The van der Waals surface area contributed by atoms with Crippen LogP contribution in [0.3, 0.4) is 0 Å². The topological polar surface area (TPSA) is 60.2 Å². The molecule has 4 rings (SSSR count). The van der Waals surface area contributed by atoms with Crippen molar-refractivity contribution in [3.05, 3.63) is 51.9 Å². The number of methoxy groups -OCH3 is 1. The monoisotopic (exact) mass is 386 g/mol. The maximum atomic E-state index is 13.1. The summed E-state index contributed by atoms with van der Waals surface area (Å²) in [6.45, 7) is 2.55. The number of hydrogen-bond donors (Lipinski definition) is 0. The zero-order valence-corrected chi connectivity index (χ0v) is 16.2. The predicted octanol–water partition coefficient (Wildman–Crippen LogP) is 3.70. The maximum Gasteiger partial charge on any atom is 0.214 e. The van der Waals surface area contributed by atoms with Crippen molar-refractivity contribution < 1.29 is 9.53 Å². The van der Waals surface area contributed by atoms with E-state index >= 15 is 0 Å². The molecule has 1 fully saturated rings. The van der Waals surface area contributed by atoms with Crippen LogP contribution in [-0.4, -0.2) is 45.9 Å². The van der Waals surface area contributed by atoms with Crippen molar-refractivity contribution in [3.8, 4) is 5.75 Å². The average Bonchev–Trinajstić information content (AvgIpc) is 3.43. The third-order valence-electron chi connectivity index (χ3n) is 5.33. The number of Topliss-reactive ketones (excluding diaryl/α,β-unsaturated/α-hetero) is 1. The van der Waals surface area contributed by atoms with Crippen LogP contribution in [0.15, 0.2) is 35.5 Å². The number of rotatable bonds is 6.